The van der Waals surface area contributed by atoms with Crippen LogP contribution in [-0.4, -0.2) is 66.6 Å². The molecule has 1 aliphatic rings. The number of alkyl halides is 1. The molecule has 2 N–H and O–H groups in total. The topological polar surface area (TPSA) is 97.1 Å². The third-order valence-corrected chi connectivity index (χ3v) is 6.05. The average Bonchev–Trinajstić information content (AvgIpc) is 3.25. The van der Waals surface area contributed by atoms with Crippen LogP contribution in [0.25, 0.3) is 11.1 Å². The van der Waals surface area contributed by atoms with Gasteiger partial charge >= 0.3 is 0 Å². The number of oxazole rings is 1. The zero-order valence-corrected chi connectivity index (χ0v) is 19.7. The van der Waals surface area contributed by atoms with E-state index < -0.39 is 12.7 Å². The summed E-state index contributed by atoms with van der Waals surface area (Å²) in [6, 6.07) is 9.25. The lowest BCUT2D eigenvalue weighted by Crippen LogP contribution is -2.51. The molecule has 182 valence electrons. The van der Waals surface area contributed by atoms with Crippen molar-refractivity contribution in [3.05, 3.63) is 52.5 Å². The van der Waals surface area contributed by atoms with Gasteiger partial charge in [0.25, 0.3) is 11.9 Å². The van der Waals surface area contributed by atoms with Crippen molar-refractivity contribution >= 4 is 34.6 Å². The van der Waals surface area contributed by atoms with E-state index in [0.717, 1.165) is 0 Å². The molecular weight excluding hydrogens is 465 g/mol. The minimum absolute atomic E-state index is 0.0464. The number of hydrogen-bond donors (Lipinski definition) is 2. The van der Waals surface area contributed by atoms with E-state index in [0.29, 0.717) is 52.6 Å². The molecule has 1 saturated heterocycles. The first-order valence-corrected chi connectivity index (χ1v) is 11.4. The largest absolute Gasteiger partial charge is 0.493 e. The lowest BCUT2D eigenvalue weighted by Gasteiger charge is -2.38. The number of methoxy groups -OCH3 is 1. The maximum absolute atomic E-state index is 13.8. The number of aromatic nitrogens is 1. The van der Waals surface area contributed by atoms with Gasteiger partial charge in [-0.1, -0.05) is 23.7 Å². The molecule has 10 heteroatoms. The highest BCUT2D eigenvalue weighted by Gasteiger charge is 2.31. The second-order valence-electron chi connectivity index (χ2n) is 8.22. The molecule has 1 fully saturated rings. The number of halogens is 2. The van der Waals surface area contributed by atoms with Gasteiger partial charge in [-0.15, -0.1) is 0 Å². The molecule has 34 heavy (non-hydrogen) atoms. The maximum atomic E-state index is 13.8. The summed E-state index contributed by atoms with van der Waals surface area (Å²) in [6.45, 7) is 1.92. The van der Waals surface area contributed by atoms with Crippen LogP contribution in [0.15, 0.2) is 40.8 Å². The molecule has 1 amide bonds. The monoisotopic (exact) mass is 491 g/mol. The van der Waals surface area contributed by atoms with E-state index in [4.69, 9.17) is 25.5 Å². The zero-order valence-electron chi connectivity index (χ0n) is 19.0. The number of carbonyl (C=O) groups excluding carboxylic acids is 1. The highest BCUT2D eigenvalue weighted by molar-refractivity contribution is 6.30. The first kappa shape index (κ1) is 24.3. The third kappa shape index (κ3) is 5.11. The summed E-state index contributed by atoms with van der Waals surface area (Å²) in [7, 11) is 1.47. The van der Waals surface area contributed by atoms with Crippen LogP contribution in [0.2, 0.25) is 5.02 Å². The number of rotatable bonds is 8. The first-order valence-electron chi connectivity index (χ1n) is 11.0. The number of nitrogens with one attached hydrogen (secondary N) is 1. The van der Waals surface area contributed by atoms with Crippen molar-refractivity contribution in [2.75, 3.05) is 38.9 Å². The minimum Gasteiger partial charge on any atom is -0.493 e. The SMILES string of the molecule is COc1cc(C(=O)N2C[C@H](C)OC[C@@H]2CCO)cc2nc(N[C@H](CF)c3cccc(Cl)c3)oc12. The van der Waals surface area contributed by atoms with Crippen LogP contribution in [0, 0.1) is 0 Å². The van der Waals surface area contributed by atoms with Gasteiger partial charge in [-0.3, -0.25) is 4.79 Å². The number of benzene rings is 2. The van der Waals surface area contributed by atoms with E-state index in [1.165, 1.54) is 7.11 Å². The molecule has 0 bridgehead atoms. The summed E-state index contributed by atoms with van der Waals surface area (Å²) in [6.07, 6.45) is 0.306. The predicted molar refractivity (Wildman–Crippen MR) is 126 cm³/mol. The molecule has 2 heterocycles. The standard InChI is InChI=1S/C24H27ClFN3O5/c1-14-12-29(18(6-7-30)13-33-14)23(31)16-9-19-22(21(10-16)32-2)34-24(27-19)28-20(11-26)15-4-3-5-17(25)8-15/h3-5,8-10,14,18,20,30H,6-7,11-13H2,1-2H3,(H,27,28)/t14-,18-,20+/m0/s1. The predicted octanol–water partition coefficient (Wildman–Crippen LogP) is 4.22. The number of hydrogen-bond acceptors (Lipinski definition) is 7. The van der Waals surface area contributed by atoms with Gasteiger partial charge in [0.2, 0.25) is 0 Å². The lowest BCUT2D eigenvalue weighted by atomic mass is 10.1. The van der Waals surface area contributed by atoms with Gasteiger partial charge in [-0.05, 0) is 43.2 Å². The van der Waals surface area contributed by atoms with Gasteiger partial charge in [0.15, 0.2) is 11.3 Å². The number of aliphatic hydroxyl groups excluding tert-OH is 1. The Kier molecular flexibility index (Phi) is 7.55. The molecule has 3 aromatic rings. The van der Waals surface area contributed by atoms with Gasteiger partial charge < -0.3 is 29.2 Å². The molecule has 0 unspecified atom stereocenters. The molecule has 4 rings (SSSR count). The van der Waals surface area contributed by atoms with Crippen molar-refractivity contribution in [3.8, 4) is 5.75 Å². The summed E-state index contributed by atoms with van der Waals surface area (Å²) >= 11 is 6.04. The molecule has 0 aliphatic carbocycles. The maximum Gasteiger partial charge on any atom is 0.296 e. The van der Waals surface area contributed by atoms with E-state index >= 15 is 0 Å². The average molecular weight is 492 g/mol. The summed E-state index contributed by atoms with van der Waals surface area (Å²) in [5.74, 6) is 0.118. The van der Waals surface area contributed by atoms with Crippen LogP contribution in [0.4, 0.5) is 10.4 Å². The highest BCUT2D eigenvalue weighted by Crippen LogP contribution is 2.33. The van der Waals surface area contributed by atoms with E-state index in [1.54, 1.807) is 41.3 Å². The first-order chi connectivity index (χ1) is 16.4. The van der Waals surface area contributed by atoms with Gasteiger partial charge in [-0.2, -0.15) is 4.98 Å². The Balaban J connectivity index is 1.64. The minimum atomic E-state index is -0.715. The van der Waals surface area contributed by atoms with Gasteiger partial charge in [0.05, 0.1) is 31.9 Å². The Morgan fingerprint density at radius 1 is 1.41 bits per heavy atom. The Morgan fingerprint density at radius 2 is 2.24 bits per heavy atom. The molecule has 0 saturated carbocycles. The Hall–Kier alpha value is -2.88. The highest BCUT2D eigenvalue weighted by atomic mass is 35.5. The van der Waals surface area contributed by atoms with Crippen LogP contribution in [0.1, 0.15) is 35.3 Å². The van der Waals surface area contributed by atoms with Crippen LogP contribution in [0.5, 0.6) is 5.75 Å². The third-order valence-electron chi connectivity index (χ3n) is 5.82. The quantitative estimate of drug-likeness (QED) is 0.486. The number of morpholine rings is 1. The van der Waals surface area contributed by atoms with E-state index in [2.05, 4.69) is 10.3 Å². The normalized spacial score (nSPS) is 19.3. The Morgan fingerprint density at radius 3 is 2.94 bits per heavy atom. The van der Waals surface area contributed by atoms with Gasteiger partial charge in [0.1, 0.15) is 12.2 Å². The second-order valence-corrected chi connectivity index (χ2v) is 8.66. The fraction of sp³-hybridized carbons (Fsp3) is 0.417. The molecule has 1 aliphatic heterocycles. The van der Waals surface area contributed by atoms with Crippen LogP contribution in [0.3, 0.4) is 0 Å². The Labute approximate surface area is 201 Å². The van der Waals surface area contributed by atoms with Crippen molar-refractivity contribution in [1.29, 1.82) is 0 Å². The number of ether oxygens (including phenoxy) is 2. The van der Waals surface area contributed by atoms with Crippen molar-refractivity contribution < 1.29 is 28.2 Å². The fourth-order valence-corrected chi connectivity index (χ4v) is 4.27. The molecule has 1 aromatic heterocycles. The summed E-state index contributed by atoms with van der Waals surface area (Å²) in [5, 5.41) is 12.8. The lowest BCUT2D eigenvalue weighted by molar-refractivity contribution is -0.0486. The number of nitrogens with zero attached hydrogens (tertiary/aromatic N) is 2. The number of aliphatic hydroxyl groups is 1. The summed E-state index contributed by atoms with van der Waals surface area (Å²) < 4.78 is 30.7. The van der Waals surface area contributed by atoms with Gasteiger partial charge in [-0.25, -0.2) is 4.39 Å². The van der Waals surface area contributed by atoms with Crippen molar-refractivity contribution in [1.82, 2.24) is 9.88 Å². The van der Waals surface area contributed by atoms with E-state index in [1.807, 2.05) is 6.92 Å². The smallest absolute Gasteiger partial charge is 0.296 e. The summed E-state index contributed by atoms with van der Waals surface area (Å²) in [4.78, 5) is 19.5. The molecule has 0 radical (unpaired) electrons. The van der Waals surface area contributed by atoms with Crippen LogP contribution < -0.4 is 10.1 Å². The zero-order chi connectivity index (χ0) is 24.2. The second kappa shape index (κ2) is 10.6. The van der Waals surface area contributed by atoms with Crippen molar-refractivity contribution in [2.45, 2.75) is 31.5 Å². The number of anilines is 1. The van der Waals surface area contributed by atoms with Crippen LogP contribution >= 0.6 is 11.6 Å². The summed E-state index contributed by atoms with van der Waals surface area (Å²) in [5.41, 5.74) is 1.76. The molecule has 2 aromatic carbocycles. The van der Waals surface area contributed by atoms with Crippen molar-refractivity contribution in [2.24, 2.45) is 0 Å². The molecule has 0 spiro atoms. The fourth-order valence-electron chi connectivity index (χ4n) is 4.07. The molecule has 8 nitrogen and oxygen atoms in total. The Bertz CT molecular complexity index is 1160. The number of fused-ring (bicyclic) bond motifs is 1. The van der Waals surface area contributed by atoms with Crippen LogP contribution in [-0.2, 0) is 4.74 Å². The van der Waals surface area contributed by atoms with E-state index in [-0.39, 0.29) is 30.7 Å². The number of carbonyl (C=O) groups is 1. The molecular formula is C24H27ClFN3O5. The van der Waals surface area contributed by atoms with Gasteiger partial charge in [0, 0.05) is 23.7 Å². The molecule has 3 atom stereocenters. The number of amides is 1. The van der Waals surface area contributed by atoms with Crippen molar-refractivity contribution in [3.63, 3.8) is 0 Å². The van der Waals surface area contributed by atoms with E-state index in [9.17, 15) is 14.3 Å².